The molecular weight excluding hydrogens is 611 g/mol. The van der Waals surface area contributed by atoms with E-state index < -0.39 is 35.7 Å². The number of methoxy groups -OCH3 is 1. The van der Waals surface area contributed by atoms with Gasteiger partial charge in [0.2, 0.25) is 0 Å². The molecule has 0 radical (unpaired) electrons. The number of hydrogen-bond donors (Lipinski definition) is 1. The van der Waals surface area contributed by atoms with Crippen LogP contribution in [0, 0.1) is 11.7 Å². The Bertz CT molecular complexity index is 1560. The highest BCUT2D eigenvalue weighted by Gasteiger charge is 2.35. The fraction of sp³-hybridized carbons (Fsp3) is 0.394. The van der Waals surface area contributed by atoms with E-state index in [4.69, 9.17) is 4.74 Å². The molecule has 244 valence electrons. The van der Waals surface area contributed by atoms with Gasteiger partial charge in [0.15, 0.2) is 5.78 Å². The van der Waals surface area contributed by atoms with Crippen molar-refractivity contribution in [2.45, 2.75) is 44.2 Å². The first-order valence-electron chi connectivity index (χ1n) is 14.9. The molecule has 46 heavy (non-hydrogen) atoms. The first-order chi connectivity index (χ1) is 21.9. The van der Waals surface area contributed by atoms with Crippen LogP contribution in [-0.2, 0) is 12.7 Å². The second kappa shape index (κ2) is 13.9. The number of likely N-dealkylation sites (tertiary alicyclic amines) is 2. The van der Waals surface area contributed by atoms with Crippen LogP contribution in [-0.4, -0.2) is 77.9 Å². The van der Waals surface area contributed by atoms with Crippen molar-refractivity contribution in [1.29, 1.82) is 0 Å². The first-order valence-corrected chi connectivity index (χ1v) is 14.9. The molecule has 2 amide bonds. The summed E-state index contributed by atoms with van der Waals surface area (Å²) in [5.74, 6) is -1.77. The quantitative estimate of drug-likeness (QED) is 0.264. The number of hydrogen-bond acceptors (Lipinski definition) is 6. The summed E-state index contributed by atoms with van der Waals surface area (Å²) in [6.45, 7) is 0.948. The van der Waals surface area contributed by atoms with Gasteiger partial charge in [-0.2, -0.15) is 13.2 Å². The third-order valence-corrected chi connectivity index (χ3v) is 8.46. The number of carbonyl (C=O) groups is 3. The van der Waals surface area contributed by atoms with Crippen LogP contribution in [0.25, 0.3) is 0 Å². The number of aromatic nitrogens is 1. The van der Waals surface area contributed by atoms with Gasteiger partial charge in [0, 0.05) is 50.4 Å². The molecule has 1 aromatic heterocycles. The van der Waals surface area contributed by atoms with E-state index in [2.05, 4.69) is 10.3 Å². The summed E-state index contributed by atoms with van der Waals surface area (Å²) in [7, 11) is 1.55. The second-order valence-corrected chi connectivity index (χ2v) is 11.5. The number of ketones is 1. The van der Waals surface area contributed by atoms with Crippen LogP contribution in [0.2, 0.25) is 0 Å². The monoisotopic (exact) mass is 644 g/mol. The Morgan fingerprint density at radius 3 is 2.26 bits per heavy atom. The first kappa shape index (κ1) is 33.0. The average Bonchev–Trinajstić information content (AvgIpc) is 3.06. The van der Waals surface area contributed by atoms with Crippen molar-refractivity contribution < 1.29 is 41.1 Å². The molecule has 5 rings (SSSR count). The van der Waals surface area contributed by atoms with E-state index in [0.29, 0.717) is 43.8 Å². The van der Waals surface area contributed by atoms with E-state index in [-0.39, 0.29) is 53.9 Å². The molecule has 0 spiro atoms. The van der Waals surface area contributed by atoms with Crippen molar-refractivity contribution in [2.24, 2.45) is 5.92 Å². The second-order valence-electron chi connectivity index (χ2n) is 11.5. The van der Waals surface area contributed by atoms with Gasteiger partial charge < -0.3 is 15.0 Å². The number of alkyl halides is 4. The molecule has 8 nitrogen and oxygen atoms in total. The number of Topliss-reactive ketones (excluding diaryl/α,β-unsaturated/α-hetero) is 1. The van der Waals surface area contributed by atoms with E-state index >= 15 is 4.39 Å². The number of pyridine rings is 1. The van der Waals surface area contributed by atoms with Crippen LogP contribution >= 0.6 is 0 Å². The van der Waals surface area contributed by atoms with Gasteiger partial charge in [0.1, 0.15) is 23.4 Å². The number of amides is 2. The topological polar surface area (TPSA) is 91.8 Å². The highest BCUT2D eigenvalue weighted by Crippen LogP contribution is 2.32. The number of piperidine rings is 2. The minimum atomic E-state index is -4.84. The SMILES string of the molecule is COc1ccc(C(=O)C2CCN(C(=O)c3ccc(C(=O)NC4CCN(Cc5ccc(F)c(C(F)(F)F)c5)CC4F)cn3)CC2)cc1. The number of benzene rings is 2. The minimum Gasteiger partial charge on any atom is -0.497 e. The van der Waals surface area contributed by atoms with E-state index in [1.54, 1.807) is 41.2 Å². The molecule has 1 N–H and O–H groups in total. The number of halogens is 5. The molecule has 0 saturated carbocycles. The van der Waals surface area contributed by atoms with E-state index in [0.717, 1.165) is 12.1 Å². The molecular formula is C33H33F5N4O4. The molecule has 2 aromatic carbocycles. The van der Waals surface area contributed by atoms with Crippen molar-refractivity contribution in [3.8, 4) is 5.75 Å². The van der Waals surface area contributed by atoms with E-state index in [1.807, 2.05) is 0 Å². The molecule has 2 aliphatic rings. The molecule has 2 unspecified atom stereocenters. The van der Waals surface area contributed by atoms with Gasteiger partial charge in [-0.1, -0.05) is 6.07 Å². The number of nitrogens with zero attached hydrogens (tertiary/aromatic N) is 3. The summed E-state index contributed by atoms with van der Waals surface area (Å²) in [5, 5.41) is 2.64. The molecule has 3 aromatic rings. The highest BCUT2D eigenvalue weighted by atomic mass is 19.4. The van der Waals surface area contributed by atoms with Crippen molar-refractivity contribution >= 4 is 17.6 Å². The summed E-state index contributed by atoms with van der Waals surface area (Å²) in [5.41, 5.74) is -0.287. The molecule has 2 fully saturated rings. The summed E-state index contributed by atoms with van der Waals surface area (Å²) in [6, 6.07) is 11.7. The zero-order valence-electron chi connectivity index (χ0n) is 25.0. The average molecular weight is 645 g/mol. The number of ether oxygens (including phenoxy) is 1. The van der Waals surface area contributed by atoms with Crippen molar-refractivity contribution in [1.82, 2.24) is 20.1 Å². The van der Waals surface area contributed by atoms with Gasteiger partial charge in [-0.05, 0) is 73.4 Å². The maximum Gasteiger partial charge on any atom is 0.419 e. The van der Waals surface area contributed by atoms with E-state index in [9.17, 15) is 31.9 Å². The standard InChI is InChI=1S/C33H33F5N4O4/c1-46-24-6-3-21(4-7-24)30(43)22-10-14-42(15-11-22)32(45)29-9-5-23(17-39-29)31(44)40-28-12-13-41(19-27(28)35)18-20-2-8-26(34)25(16-20)33(36,37)38/h2-9,16-17,22,27-28H,10-15,18-19H2,1H3,(H,40,44). The molecule has 0 aliphatic carbocycles. The third kappa shape index (κ3) is 7.69. The lowest BCUT2D eigenvalue weighted by Gasteiger charge is -2.35. The summed E-state index contributed by atoms with van der Waals surface area (Å²) in [6.07, 6.45) is -3.84. The Kier molecular flexibility index (Phi) is 10.00. The maximum absolute atomic E-state index is 15.0. The zero-order chi connectivity index (χ0) is 33.0. The summed E-state index contributed by atoms with van der Waals surface area (Å²) in [4.78, 5) is 46.1. The van der Waals surface area contributed by atoms with Crippen LogP contribution in [0.5, 0.6) is 5.75 Å². The lowest BCUT2D eigenvalue weighted by Crippen LogP contribution is -2.52. The largest absolute Gasteiger partial charge is 0.497 e. The maximum atomic E-state index is 15.0. The van der Waals surface area contributed by atoms with Crippen LogP contribution < -0.4 is 10.1 Å². The number of carbonyl (C=O) groups excluding carboxylic acids is 3. The predicted octanol–water partition coefficient (Wildman–Crippen LogP) is 5.33. The van der Waals surface area contributed by atoms with Crippen molar-refractivity contribution in [3.63, 3.8) is 0 Å². The molecule has 2 aliphatic heterocycles. The van der Waals surface area contributed by atoms with Crippen LogP contribution in [0.1, 0.15) is 61.6 Å². The van der Waals surface area contributed by atoms with Gasteiger partial charge >= 0.3 is 6.18 Å². The lowest BCUT2D eigenvalue weighted by atomic mass is 9.88. The smallest absolute Gasteiger partial charge is 0.419 e. The Hall–Kier alpha value is -4.39. The summed E-state index contributed by atoms with van der Waals surface area (Å²) >= 11 is 0. The Morgan fingerprint density at radius 1 is 0.957 bits per heavy atom. The van der Waals surface area contributed by atoms with Gasteiger partial charge in [-0.25, -0.2) is 8.78 Å². The van der Waals surface area contributed by atoms with Crippen LogP contribution in [0.4, 0.5) is 22.0 Å². The molecule has 0 bridgehead atoms. The van der Waals surface area contributed by atoms with Gasteiger partial charge in [0.05, 0.1) is 24.3 Å². The molecule has 2 atom stereocenters. The fourth-order valence-electron chi connectivity index (χ4n) is 5.82. The van der Waals surface area contributed by atoms with E-state index in [1.165, 1.54) is 24.4 Å². The highest BCUT2D eigenvalue weighted by molar-refractivity contribution is 5.99. The lowest BCUT2D eigenvalue weighted by molar-refractivity contribution is -0.140. The fourth-order valence-corrected chi connectivity index (χ4v) is 5.82. The summed E-state index contributed by atoms with van der Waals surface area (Å²) < 4.78 is 72.9. The van der Waals surface area contributed by atoms with Crippen molar-refractivity contribution in [3.05, 3.63) is 94.6 Å². The van der Waals surface area contributed by atoms with Crippen molar-refractivity contribution in [2.75, 3.05) is 33.3 Å². The minimum absolute atomic E-state index is 0.000505. The molecule has 2 saturated heterocycles. The van der Waals surface area contributed by atoms with Crippen LogP contribution in [0.15, 0.2) is 60.8 Å². The normalized spacial score (nSPS) is 19.5. The Labute approximate surface area is 262 Å². The molecule has 13 heteroatoms. The number of rotatable bonds is 8. The van der Waals surface area contributed by atoms with Gasteiger partial charge in [-0.15, -0.1) is 0 Å². The van der Waals surface area contributed by atoms with Gasteiger partial charge in [-0.3, -0.25) is 24.3 Å². The predicted molar refractivity (Wildman–Crippen MR) is 158 cm³/mol. The Balaban J connectivity index is 1.09. The third-order valence-electron chi connectivity index (χ3n) is 8.46. The van der Waals surface area contributed by atoms with Crippen LogP contribution in [0.3, 0.4) is 0 Å². The molecule has 3 heterocycles. The van der Waals surface area contributed by atoms with Gasteiger partial charge in [0.25, 0.3) is 11.8 Å². The number of nitrogens with one attached hydrogen (secondary N) is 1. The zero-order valence-corrected chi connectivity index (χ0v) is 25.0. The Morgan fingerprint density at radius 2 is 1.65 bits per heavy atom.